The van der Waals surface area contributed by atoms with E-state index in [1.807, 2.05) is 0 Å². The molecular formula is C13H17NO3. The van der Waals surface area contributed by atoms with Gasteiger partial charge in [0.25, 0.3) is 0 Å². The Morgan fingerprint density at radius 3 is 2.82 bits per heavy atom. The van der Waals surface area contributed by atoms with Crippen molar-refractivity contribution in [3.05, 3.63) is 23.8 Å². The largest absolute Gasteiger partial charge is 0.497 e. The lowest BCUT2D eigenvalue weighted by Gasteiger charge is -2.14. The highest BCUT2D eigenvalue weighted by atomic mass is 16.5. The average molecular weight is 235 g/mol. The number of hydrogen-bond acceptors (Lipinski definition) is 4. The van der Waals surface area contributed by atoms with E-state index in [-0.39, 0.29) is 0 Å². The number of ether oxygens (including phenoxy) is 2. The summed E-state index contributed by atoms with van der Waals surface area (Å²) in [6.45, 7) is 2.14. The first-order valence-electron chi connectivity index (χ1n) is 5.54. The van der Waals surface area contributed by atoms with E-state index in [0.29, 0.717) is 30.9 Å². The summed E-state index contributed by atoms with van der Waals surface area (Å²) < 4.78 is 10.7. The van der Waals surface area contributed by atoms with Gasteiger partial charge >= 0.3 is 0 Å². The van der Waals surface area contributed by atoms with Gasteiger partial charge in [0.05, 0.1) is 25.9 Å². The van der Waals surface area contributed by atoms with Crippen LogP contribution in [0.25, 0.3) is 0 Å². The van der Waals surface area contributed by atoms with Gasteiger partial charge in [-0.1, -0.05) is 0 Å². The minimum absolute atomic E-state index is 0.459. The topological polar surface area (TPSA) is 62.5 Å². The van der Waals surface area contributed by atoms with Crippen LogP contribution in [0, 0.1) is 11.3 Å². The summed E-state index contributed by atoms with van der Waals surface area (Å²) in [6, 6.07) is 7.37. The number of aliphatic hydroxyl groups excluding tert-OH is 1. The molecule has 4 heteroatoms. The third kappa shape index (κ3) is 3.97. The molecule has 0 aromatic heterocycles. The SMILES string of the molecule is COc1ccc(C(C)O)c(OCCCC#N)c1. The molecule has 1 rings (SSSR count). The molecule has 0 radical (unpaired) electrons. The molecule has 1 atom stereocenters. The van der Waals surface area contributed by atoms with Gasteiger partial charge in [-0.25, -0.2) is 0 Å². The highest BCUT2D eigenvalue weighted by molar-refractivity contribution is 5.41. The number of hydrogen-bond donors (Lipinski definition) is 1. The first-order chi connectivity index (χ1) is 8.19. The highest BCUT2D eigenvalue weighted by Gasteiger charge is 2.10. The van der Waals surface area contributed by atoms with Crippen LogP contribution in [-0.4, -0.2) is 18.8 Å². The Labute approximate surface area is 101 Å². The van der Waals surface area contributed by atoms with E-state index >= 15 is 0 Å². The molecule has 0 heterocycles. The van der Waals surface area contributed by atoms with Gasteiger partial charge in [-0.05, 0) is 25.5 Å². The van der Waals surface area contributed by atoms with E-state index in [2.05, 4.69) is 6.07 Å². The zero-order valence-corrected chi connectivity index (χ0v) is 10.1. The second-order valence-electron chi connectivity index (χ2n) is 3.69. The lowest BCUT2D eigenvalue weighted by Crippen LogP contribution is -2.02. The first-order valence-corrected chi connectivity index (χ1v) is 5.54. The zero-order chi connectivity index (χ0) is 12.7. The van der Waals surface area contributed by atoms with Crippen LogP contribution >= 0.6 is 0 Å². The number of benzene rings is 1. The molecular weight excluding hydrogens is 218 g/mol. The van der Waals surface area contributed by atoms with E-state index in [4.69, 9.17) is 14.7 Å². The summed E-state index contributed by atoms with van der Waals surface area (Å²) in [4.78, 5) is 0. The summed E-state index contributed by atoms with van der Waals surface area (Å²) in [6.07, 6.45) is 0.549. The third-order valence-corrected chi connectivity index (χ3v) is 2.36. The van der Waals surface area contributed by atoms with Crippen molar-refractivity contribution in [2.45, 2.75) is 25.9 Å². The van der Waals surface area contributed by atoms with Gasteiger partial charge in [-0.3, -0.25) is 0 Å². The van der Waals surface area contributed by atoms with Crippen molar-refractivity contribution < 1.29 is 14.6 Å². The molecule has 0 fully saturated rings. The number of nitriles is 1. The van der Waals surface area contributed by atoms with Gasteiger partial charge < -0.3 is 14.6 Å². The quantitative estimate of drug-likeness (QED) is 0.769. The second kappa shape index (κ2) is 6.77. The molecule has 1 unspecified atom stereocenters. The maximum Gasteiger partial charge on any atom is 0.128 e. The van der Waals surface area contributed by atoms with Crippen LogP contribution in [0.15, 0.2) is 18.2 Å². The molecule has 1 N–H and O–H groups in total. The normalized spacial score (nSPS) is 11.6. The average Bonchev–Trinajstić information content (AvgIpc) is 2.34. The van der Waals surface area contributed by atoms with E-state index in [1.54, 1.807) is 32.2 Å². The van der Waals surface area contributed by atoms with Crippen molar-refractivity contribution in [2.24, 2.45) is 0 Å². The Kier molecular flexibility index (Phi) is 5.31. The molecule has 0 aliphatic heterocycles. The molecule has 0 spiro atoms. The van der Waals surface area contributed by atoms with Crippen LogP contribution in [0.2, 0.25) is 0 Å². The van der Waals surface area contributed by atoms with E-state index in [9.17, 15) is 5.11 Å². The fourth-order valence-corrected chi connectivity index (χ4v) is 1.45. The highest BCUT2D eigenvalue weighted by Crippen LogP contribution is 2.29. The fourth-order valence-electron chi connectivity index (χ4n) is 1.45. The molecule has 0 saturated carbocycles. The van der Waals surface area contributed by atoms with Crippen LogP contribution < -0.4 is 9.47 Å². The smallest absolute Gasteiger partial charge is 0.128 e. The summed E-state index contributed by atoms with van der Waals surface area (Å²) in [5.41, 5.74) is 0.725. The van der Waals surface area contributed by atoms with Gasteiger partial charge in [-0.15, -0.1) is 0 Å². The summed E-state index contributed by atoms with van der Waals surface area (Å²) in [5, 5.41) is 18.0. The predicted molar refractivity (Wildman–Crippen MR) is 64.0 cm³/mol. The van der Waals surface area contributed by atoms with E-state index in [0.717, 1.165) is 5.56 Å². The maximum atomic E-state index is 9.60. The Hall–Kier alpha value is -1.73. The molecule has 0 amide bonds. The Morgan fingerprint density at radius 1 is 1.47 bits per heavy atom. The molecule has 1 aromatic rings. The van der Waals surface area contributed by atoms with Crippen LogP contribution in [0.4, 0.5) is 0 Å². The molecule has 92 valence electrons. The number of methoxy groups -OCH3 is 1. The zero-order valence-electron chi connectivity index (χ0n) is 10.1. The third-order valence-electron chi connectivity index (χ3n) is 2.36. The molecule has 17 heavy (non-hydrogen) atoms. The van der Waals surface area contributed by atoms with Crippen LogP contribution in [-0.2, 0) is 0 Å². The van der Waals surface area contributed by atoms with Gasteiger partial charge in [0.1, 0.15) is 11.5 Å². The van der Waals surface area contributed by atoms with Crippen LogP contribution in [0.3, 0.4) is 0 Å². The first kappa shape index (κ1) is 13.3. The Balaban J connectivity index is 2.75. The fraction of sp³-hybridized carbons (Fsp3) is 0.462. The maximum absolute atomic E-state index is 9.60. The number of aliphatic hydroxyl groups is 1. The molecule has 0 bridgehead atoms. The van der Waals surface area contributed by atoms with Crippen molar-refractivity contribution in [1.29, 1.82) is 5.26 Å². The Bertz CT molecular complexity index is 396. The lowest BCUT2D eigenvalue weighted by molar-refractivity contribution is 0.190. The minimum Gasteiger partial charge on any atom is -0.497 e. The standard InChI is InChI=1S/C13H17NO3/c1-10(15)12-6-5-11(16-2)9-13(12)17-8-4-3-7-14/h5-6,9-10,15H,3-4,8H2,1-2H3. The molecule has 0 aliphatic rings. The van der Waals surface area contributed by atoms with Crippen molar-refractivity contribution in [3.63, 3.8) is 0 Å². The summed E-state index contributed by atoms with van der Waals surface area (Å²) in [7, 11) is 1.58. The number of unbranched alkanes of at least 4 members (excludes halogenated alkanes) is 1. The molecule has 4 nitrogen and oxygen atoms in total. The monoisotopic (exact) mass is 235 g/mol. The second-order valence-corrected chi connectivity index (χ2v) is 3.69. The van der Waals surface area contributed by atoms with Crippen molar-refractivity contribution in [1.82, 2.24) is 0 Å². The molecule has 0 aliphatic carbocycles. The van der Waals surface area contributed by atoms with E-state index in [1.165, 1.54) is 0 Å². The lowest BCUT2D eigenvalue weighted by atomic mass is 10.1. The van der Waals surface area contributed by atoms with Crippen LogP contribution in [0.5, 0.6) is 11.5 Å². The van der Waals surface area contributed by atoms with Crippen molar-refractivity contribution >= 4 is 0 Å². The van der Waals surface area contributed by atoms with Crippen LogP contribution in [0.1, 0.15) is 31.4 Å². The number of rotatable bonds is 6. The minimum atomic E-state index is -0.591. The van der Waals surface area contributed by atoms with Gasteiger partial charge in [0.15, 0.2) is 0 Å². The number of nitrogens with zero attached hydrogens (tertiary/aromatic N) is 1. The molecule has 0 saturated heterocycles. The Morgan fingerprint density at radius 2 is 2.24 bits per heavy atom. The van der Waals surface area contributed by atoms with Gasteiger partial charge in [0, 0.05) is 18.1 Å². The molecule has 1 aromatic carbocycles. The summed E-state index contributed by atoms with van der Waals surface area (Å²) >= 11 is 0. The van der Waals surface area contributed by atoms with Gasteiger partial charge in [-0.2, -0.15) is 5.26 Å². The predicted octanol–water partition coefficient (Wildman–Crippen LogP) is 2.43. The van der Waals surface area contributed by atoms with E-state index < -0.39 is 6.10 Å². The summed E-state index contributed by atoms with van der Waals surface area (Å²) in [5.74, 6) is 1.29. The van der Waals surface area contributed by atoms with Crippen molar-refractivity contribution in [3.8, 4) is 17.6 Å². The van der Waals surface area contributed by atoms with Gasteiger partial charge in [0.2, 0.25) is 0 Å². The van der Waals surface area contributed by atoms with Crippen molar-refractivity contribution in [2.75, 3.05) is 13.7 Å².